The SMILES string of the molecule is NC(=NC1CC1)NC1(CO)CCOC1. The number of nitrogens with two attached hydrogens (primary N) is 1. The fourth-order valence-corrected chi connectivity index (χ4v) is 1.57. The molecular formula is C9H17N3O2. The van der Waals surface area contributed by atoms with Crippen LogP contribution in [0.3, 0.4) is 0 Å². The maximum atomic E-state index is 9.26. The molecule has 0 radical (unpaired) electrons. The molecule has 5 nitrogen and oxygen atoms in total. The van der Waals surface area contributed by atoms with E-state index in [1.807, 2.05) is 0 Å². The lowest BCUT2D eigenvalue weighted by atomic mass is 10.0. The van der Waals surface area contributed by atoms with E-state index in [2.05, 4.69) is 10.3 Å². The van der Waals surface area contributed by atoms with Crippen LogP contribution in [0.25, 0.3) is 0 Å². The van der Waals surface area contributed by atoms with Gasteiger partial charge in [-0.25, -0.2) is 0 Å². The molecule has 2 fully saturated rings. The average Bonchev–Trinajstić information content (AvgIpc) is 2.83. The van der Waals surface area contributed by atoms with E-state index in [4.69, 9.17) is 10.5 Å². The standard InChI is InChI=1S/C9H17N3O2/c10-8(11-7-1-2-7)12-9(5-13)3-4-14-6-9/h7,13H,1-6H2,(H3,10,11,12). The molecule has 0 aromatic rings. The summed E-state index contributed by atoms with van der Waals surface area (Å²) >= 11 is 0. The predicted octanol–water partition coefficient (Wildman–Crippen LogP) is -0.795. The van der Waals surface area contributed by atoms with Crippen molar-refractivity contribution in [3.63, 3.8) is 0 Å². The van der Waals surface area contributed by atoms with Gasteiger partial charge in [-0.1, -0.05) is 0 Å². The Bertz CT molecular complexity index is 232. The second-order valence-electron chi connectivity index (χ2n) is 4.11. The second-order valence-corrected chi connectivity index (χ2v) is 4.11. The molecule has 1 heterocycles. The molecule has 14 heavy (non-hydrogen) atoms. The largest absolute Gasteiger partial charge is 0.394 e. The lowest BCUT2D eigenvalue weighted by Crippen LogP contribution is -2.54. The third kappa shape index (κ3) is 2.16. The fraction of sp³-hybridized carbons (Fsp3) is 0.889. The van der Waals surface area contributed by atoms with E-state index in [-0.39, 0.29) is 6.61 Å². The molecular weight excluding hydrogens is 182 g/mol. The summed E-state index contributed by atoms with van der Waals surface area (Å²) in [5.74, 6) is 0.437. The van der Waals surface area contributed by atoms with Crippen molar-refractivity contribution in [1.29, 1.82) is 0 Å². The molecule has 5 heteroatoms. The van der Waals surface area contributed by atoms with Crippen molar-refractivity contribution in [3.8, 4) is 0 Å². The molecule has 0 amide bonds. The van der Waals surface area contributed by atoms with E-state index < -0.39 is 5.54 Å². The number of rotatable bonds is 3. The van der Waals surface area contributed by atoms with Crippen molar-refractivity contribution in [1.82, 2.24) is 5.32 Å². The Kier molecular flexibility index (Phi) is 2.60. The first-order chi connectivity index (χ1) is 6.74. The number of ether oxygens (including phenoxy) is 1. The van der Waals surface area contributed by atoms with Gasteiger partial charge in [0.15, 0.2) is 5.96 Å². The van der Waals surface area contributed by atoms with Crippen molar-refractivity contribution >= 4 is 5.96 Å². The number of guanidine groups is 1. The van der Waals surface area contributed by atoms with E-state index in [9.17, 15) is 5.11 Å². The highest BCUT2D eigenvalue weighted by Crippen LogP contribution is 2.23. The van der Waals surface area contributed by atoms with Gasteiger partial charge < -0.3 is 20.9 Å². The van der Waals surface area contributed by atoms with Crippen LogP contribution >= 0.6 is 0 Å². The van der Waals surface area contributed by atoms with E-state index in [0.717, 1.165) is 19.3 Å². The van der Waals surface area contributed by atoms with Gasteiger partial charge in [-0.15, -0.1) is 0 Å². The van der Waals surface area contributed by atoms with Gasteiger partial charge >= 0.3 is 0 Å². The van der Waals surface area contributed by atoms with Crippen LogP contribution in [0.1, 0.15) is 19.3 Å². The maximum Gasteiger partial charge on any atom is 0.189 e. The summed E-state index contributed by atoms with van der Waals surface area (Å²) in [4.78, 5) is 4.26. The van der Waals surface area contributed by atoms with Gasteiger partial charge in [0.2, 0.25) is 0 Å². The van der Waals surface area contributed by atoms with Crippen molar-refractivity contribution in [2.24, 2.45) is 10.7 Å². The van der Waals surface area contributed by atoms with Crippen LogP contribution in [0.5, 0.6) is 0 Å². The highest BCUT2D eigenvalue weighted by atomic mass is 16.5. The highest BCUT2D eigenvalue weighted by Gasteiger charge is 2.35. The van der Waals surface area contributed by atoms with Gasteiger partial charge in [-0.3, -0.25) is 4.99 Å². The molecule has 4 N–H and O–H groups in total. The first kappa shape index (κ1) is 9.73. The van der Waals surface area contributed by atoms with Crippen LogP contribution in [0.15, 0.2) is 4.99 Å². The number of hydrogen-bond acceptors (Lipinski definition) is 3. The third-order valence-electron chi connectivity index (χ3n) is 2.67. The van der Waals surface area contributed by atoms with Gasteiger partial charge in [0, 0.05) is 6.61 Å². The number of nitrogens with one attached hydrogen (secondary N) is 1. The molecule has 0 aromatic carbocycles. The number of nitrogens with zero attached hydrogens (tertiary/aromatic N) is 1. The summed E-state index contributed by atoms with van der Waals surface area (Å²) in [5, 5.41) is 12.3. The van der Waals surface area contributed by atoms with Gasteiger partial charge in [0.1, 0.15) is 0 Å². The monoisotopic (exact) mass is 199 g/mol. The van der Waals surface area contributed by atoms with Crippen LogP contribution in [0.2, 0.25) is 0 Å². The zero-order valence-corrected chi connectivity index (χ0v) is 8.20. The molecule has 0 aromatic heterocycles. The quantitative estimate of drug-likeness (QED) is 0.411. The van der Waals surface area contributed by atoms with Crippen molar-refractivity contribution < 1.29 is 9.84 Å². The van der Waals surface area contributed by atoms with E-state index in [1.165, 1.54) is 0 Å². The van der Waals surface area contributed by atoms with Crippen LogP contribution in [-0.4, -0.2) is 42.5 Å². The van der Waals surface area contributed by atoms with Gasteiger partial charge in [0.25, 0.3) is 0 Å². The molecule has 1 saturated heterocycles. The lowest BCUT2D eigenvalue weighted by Gasteiger charge is -2.26. The molecule has 2 rings (SSSR count). The molecule has 2 aliphatic rings. The third-order valence-corrected chi connectivity index (χ3v) is 2.67. The molecule has 0 bridgehead atoms. The smallest absolute Gasteiger partial charge is 0.189 e. The Hall–Kier alpha value is -0.810. The molecule has 1 unspecified atom stereocenters. The Labute approximate surface area is 83.3 Å². The molecule has 1 aliphatic heterocycles. The predicted molar refractivity (Wildman–Crippen MR) is 53.0 cm³/mol. The van der Waals surface area contributed by atoms with Crippen LogP contribution in [-0.2, 0) is 4.74 Å². The highest BCUT2D eigenvalue weighted by molar-refractivity contribution is 5.79. The first-order valence-electron chi connectivity index (χ1n) is 5.04. The Balaban J connectivity index is 1.92. The molecule has 1 saturated carbocycles. The summed E-state index contributed by atoms with van der Waals surface area (Å²) in [6.07, 6.45) is 3.04. The molecule has 1 atom stereocenters. The minimum atomic E-state index is -0.400. The summed E-state index contributed by atoms with van der Waals surface area (Å²) in [7, 11) is 0. The normalized spacial score (nSPS) is 33.4. The van der Waals surface area contributed by atoms with Crippen LogP contribution < -0.4 is 11.1 Å². The molecule has 1 aliphatic carbocycles. The van der Waals surface area contributed by atoms with E-state index in [1.54, 1.807) is 0 Å². The van der Waals surface area contributed by atoms with Crippen LogP contribution in [0.4, 0.5) is 0 Å². The van der Waals surface area contributed by atoms with Gasteiger partial charge in [0.05, 0.1) is 24.8 Å². The van der Waals surface area contributed by atoms with Gasteiger partial charge in [-0.2, -0.15) is 0 Å². The topological polar surface area (TPSA) is 79.9 Å². The van der Waals surface area contributed by atoms with E-state index in [0.29, 0.717) is 25.2 Å². The summed E-state index contributed by atoms with van der Waals surface area (Å²) in [5.41, 5.74) is 5.33. The van der Waals surface area contributed by atoms with Crippen molar-refractivity contribution in [3.05, 3.63) is 0 Å². The second kappa shape index (κ2) is 3.74. The lowest BCUT2D eigenvalue weighted by molar-refractivity contribution is 0.133. The average molecular weight is 199 g/mol. The van der Waals surface area contributed by atoms with E-state index >= 15 is 0 Å². The summed E-state index contributed by atoms with van der Waals surface area (Å²) in [6, 6.07) is 0.403. The number of hydrogen-bond donors (Lipinski definition) is 3. The van der Waals surface area contributed by atoms with Crippen molar-refractivity contribution in [2.75, 3.05) is 19.8 Å². The molecule has 80 valence electrons. The first-order valence-corrected chi connectivity index (χ1v) is 5.04. The zero-order valence-electron chi connectivity index (χ0n) is 8.20. The Morgan fingerprint density at radius 1 is 1.64 bits per heavy atom. The summed E-state index contributed by atoms with van der Waals surface area (Å²) in [6.45, 7) is 1.21. The Morgan fingerprint density at radius 2 is 2.43 bits per heavy atom. The Morgan fingerprint density at radius 3 is 2.93 bits per heavy atom. The number of aliphatic hydroxyl groups excluding tert-OH is 1. The summed E-state index contributed by atoms with van der Waals surface area (Å²) < 4.78 is 5.24. The fourth-order valence-electron chi connectivity index (χ4n) is 1.57. The minimum Gasteiger partial charge on any atom is -0.394 e. The molecule has 0 spiro atoms. The number of aliphatic imine (C=N–C) groups is 1. The van der Waals surface area contributed by atoms with Crippen molar-refractivity contribution in [2.45, 2.75) is 30.8 Å². The van der Waals surface area contributed by atoms with Gasteiger partial charge in [-0.05, 0) is 19.3 Å². The minimum absolute atomic E-state index is 0.0356. The zero-order chi connectivity index (χ0) is 10.0. The number of aliphatic hydroxyl groups is 1. The maximum absolute atomic E-state index is 9.26. The van der Waals surface area contributed by atoms with Crippen LogP contribution in [0, 0.1) is 0 Å².